The van der Waals surface area contributed by atoms with E-state index in [0.717, 1.165) is 22.0 Å². The fourth-order valence-electron chi connectivity index (χ4n) is 4.28. The molecule has 9 nitrogen and oxygen atoms in total. The Kier molecular flexibility index (Phi) is 5.80. The molecule has 1 atom stereocenters. The van der Waals surface area contributed by atoms with E-state index in [1.807, 2.05) is 35.2 Å². The Balaban J connectivity index is 1.53. The van der Waals surface area contributed by atoms with E-state index in [1.165, 1.54) is 0 Å². The summed E-state index contributed by atoms with van der Waals surface area (Å²) in [6.45, 7) is 2.62. The average Bonchev–Trinajstić information content (AvgIpc) is 3.07. The number of pyridine rings is 1. The van der Waals surface area contributed by atoms with Crippen molar-refractivity contribution in [2.45, 2.75) is 12.6 Å². The molecule has 9 heteroatoms. The highest BCUT2D eigenvalue weighted by Gasteiger charge is 2.33. The van der Waals surface area contributed by atoms with Gasteiger partial charge in [0, 0.05) is 35.8 Å². The van der Waals surface area contributed by atoms with Crippen LogP contribution in [0.3, 0.4) is 0 Å². The number of nitrogens with one attached hydrogen (secondary N) is 1. The Hall–Kier alpha value is -3.69. The summed E-state index contributed by atoms with van der Waals surface area (Å²) in [6.07, 6.45) is 1.75. The van der Waals surface area contributed by atoms with Crippen molar-refractivity contribution in [1.29, 1.82) is 0 Å². The maximum absolute atomic E-state index is 13.6. The second kappa shape index (κ2) is 9.05. The predicted molar refractivity (Wildman–Crippen MR) is 119 cm³/mol. The van der Waals surface area contributed by atoms with Crippen LogP contribution in [0.5, 0.6) is 5.75 Å². The molecule has 3 heterocycles. The number of hydrogen-bond acceptors (Lipinski definition) is 6. The molecular weight excluding hydrogens is 424 g/mol. The highest BCUT2D eigenvalue weighted by atomic mass is 16.5. The lowest BCUT2D eigenvalue weighted by Crippen LogP contribution is -2.49. The minimum atomic E-state index is -0.621. The van der Waals surface area contributed by atoms with Gasteiger partial charge in [0.05, 0.1) is 31.3 Å². The molecule has 2 N–H and O–H groups in total. The zero-order valence-electron chi connectivity index (χ0n) is 17.9. The first-order chi connectivity index (χ1) is 16.1. The smallest absolute Gasteiger partial charge is 0.321 e. The van der Waals surface area contributed by atoms with Crippen molar-refractivity contribution in [2.75, 3.05) is 32.9 Å². The molecule has 0 saturated carbocycles. The molecule has 2 aromatic carbocycles. The number of carbonyl (C=O) groups excluding carboxylic acids is 2. The van der Waals surface area contributed by atoms with Gasteiger partial charge in [-0.3, -0.25) is 15.0 Å². The highest BCUT2D eigenvalue weighted by molar-refractivity contribution is 5.93. The van der Waals surface area contributed by atoms with Gasteiger partial charge >= 0.3 is 6.03 Å². The lowest BCUT2D eigenvalue weighted by Gasteiger charge is -2.36. The normalized spacial score (nSPS) is 18.3. The summed E-state index contributed by atoms with van der Waals surface area (Å²) in [5.74, 6) is -0.110. The molecule has 0 aliphatic carbocycles. The highest BCUT2D eigenvalue weighted by Crippen LogP contribution is 2.34. The molecule has 1 aromatic heterocycles. The number of hydrogen-bond donors (Lipinski definition) is 2. The lowest BCUT2D eigenvalue weighted by atomic mass is 10.0. The standard InChI is InChI=1S/C24H24N4O5/c29-23(26-31)18-5-6-19-14-28(24(30)27-8-10-32-11-9-27)21(15-33-22(19)13-18)17-4-3-16-2-1-7-25-20(16)12-17/h1-7,12-13,21,31H,8-11,14-15H2,(H,26,29). The van der Waals surface area contributed by atoms with E-state index in [1.54, 1.807) is 34.8 Å². The number of fused-ring (bicyclic) bond motifs is 2. The van der Waals surface area contributed by atoms with Crippen LogP contribution >= 0.6 is 0 Å². The van der Waals surface area contributed by atoms with E-state index in [2.05, 4.69) is 4.98 Å². The van der Waals surface area contributed by atoms with Gasteiger partial charge in [0.15, 0.2) is 0 Å². The van der Waals surface area contributed by atoms with E-state index in [4.69, 9.17) is 14.7 Å². The minimum absolute atomic E-state index is 0.0851. The summed E-state index contributed by atoms with van der Waals surface area (Å²) >= 11 is 0. The minimum Gasteiger partial charge on any atom is -0.491 e. The van der Waals surface area contributed by atoms with Crippen LogP contribution in [0.1, 0.15) is 27.5 Å². The van der Waals surface area contributed by atoms with Gasteiger partial charge in [-0.2, -0.15) is 0 Å². The molecule has 2 aliphatic heterocycles. The maximum Gasteiger partial charge on any atom is 0.321 e. The van der Waals surface area contributed by atoms with Gasteiger partial charge in [-0.25, -0.2) is 10.3 Å². The third-order valence-electron chi connectivity index (χ3n) is 6.09. The molecule has 3 amide bonds. The largest absolute Gasteiger partial charge is 0.491 e. The third-order valence-corrected chi connectivity index (χ3v) is 6.09. The van der Waals surface area contributed by atoms with E-state index in [-0.39, 0.29) is 24.2 Å². The van der Waals surface area contributed by atoms with E-state index >= 15 is 0 Å². The van der Waals surface area contributed by atoms with Crippen molar-refractivity contribution in [3.63, 3.8) is 0 Å². The maximum atomic E-state index is 13.6. The van der Waals surface area contributed by atoms with Gasteiger partial charge < -0.3 is 19.3 Å². The summed E-state index contributed by atoms with van der Waals surface area (Å²) in [6, 6.07) is 14.4. The van der Waals surface area contributed by atoms with Gasteiger partial charge in [0.1, 0.15) is 12.4 Å². The zero-order chi connectivity index (χ0) is 22.8. The fraction of sp³-hybridized carbons (Fsp3) is 0.292. The average molecular weight is 448 g/mol. The Labute approximate surface area is 190 Å². The quantitative estimate of drug-likeness (QED) is 0.462. The van der Waals surface area contributed by atoms with Crippen LogP contribution in [0, 0.1) is 0 Å². The number of carbonyl (C=O) groups is 2. The number of morpholine rings is 1. The number of benzene rings is 2. The fourth-order valence-corrected chi connectivity index (χ4v) is 4.28. The van der Waals surface area contributed by atoms with Crippen molar-refractivity contribution < 1.29 is 24.3 Å². The van der Waals surface area contributed by atoms with Crippen LogP contribution in [0.4, 0.5) is 4.79 Å². The van der Waals surface area contributed by atoms with Crippen LogP contribution in [0.2, 0.25) is 0 Å². The SMILES string of the molecule is O=C(NO)c1ccc2c(c1)OCC(c1ccc3cccnc3c1)N(C(=O)N1CCOCC1)C2. The number of urea groups is 1. The first-order valence-electron chi connectivity index (χ1n) is 10.8. The number of ether oxygens (including phenoxy) is 2. The number of amides is 3. The van der Waals surface area contributed by atoms with E-state index in [9.17, 15) is 9.59 Å². The summed E-state index contributed by atoms with van der Waals surface area (Å²) < 4.78 is 11.5. The van der Waals surface area contributed by atoms with E-state index in [0.29, 0.717) is 38.6 Å². The van der Waals surface area contributed by atoms with Gasteiger partial charge in [-0.1, -0.05) is 24.3 Å². The Morgan fingerprint density at radius 1 is 1.09 bits per heavy atom. The summed E-state index contributed by atoms with van der Waals surface area (Å²) in [7, 11) is 0. The monoisotopic (exact) mass is 448 g/mol. The van der Waals surface area contributed by atoms with E-state index < -0.39 is 5.91 Å². The molecule has 170 valence electrons. The van der Waals surface area contributed by atoms with Crippen LogP contribution in [0.25, 0.3) is 10.9 Å². The first kappa shape index (κ1) is 21.2. The second-order valence-corrected chi connectivity index (χ2v) is 8.06. The molecule has 0 bridgehead atoms. The van der Waals surface area contributed by atoms with Crippen molar-refractivity contribution in [2.24, 2.45) is 0 Å². The van der Waals surface area contributed by atoms with Crippen LogP contribution in [0.15, 0.2) is 54.7 Å². The number of rotatable bonds is 2. The molecule has 33 heavy (non-hydrogen) atoms. The Bertz CT molecular complexity index is 1190. The molecule has 1 fully saturated rings. The van der Waals surface area contributed by atoms with Crippen molar-refractivity contribution in [1.82, 2.24) is 20.3 Å². The van der Waals surface area contributed by atoms with Crippen LogP contribution in [-0.2, 0) is 11.3 Å². The topological polar surface area (TPSA) is 104 Å². The molecule has 1 unspecified atom stereocenters. The molecule has 5 rings (SSSR count). The summed E-state index contributed by atoms with van der Waals surface area (Å²) in [4.78, 5) is 33.6. The first-order valence-corrected chi connectivity index (χ1v) is 10.8. The van der Waals surface area contributed by atoms with Crippen LogP contribution < -0.4 is 10.2 Å². The lowest BCUT2D eigenvalue weighted by molar-refractivity contribution is 0.0362. The number of hydroxylamine groups is 1. The van der Waals surface area contributed by atoms with Gasteiger partial charge in [-0.05, 0) is 29.8 Å². The van der Waals surface area contributed by atoms with Gasteiger partial charge in [0.25, 0.3) is 5.91 Å². The molecular formula is C24H24N4O5. The zero-order valence-corrected chi connectivity index (χ0v) is 17.9. The Morgan fingerprint density at radius 2 is 1.94 bits per heavy atom. The van der Waals surface area contributed by atoms with Gasteiger partial charge in [-0.15, -0.1) is 0 Å². The number of aromatic nitrogens is 1. The molecule has 2 aliphatic rings. The van der Waals surface area contributed by atoms with Crippen molar-refractivity contribution in [3.8, 4) is 5.75 Å². The van der Waals surface area contributed by atoms with Crippen molar-refractivity contribution >= 4 is 22.8 Å². The molecule has 3 aromatic rings. The summed E-state index contributed by atoms with van der Waals surface area (Å²) in [5.41, 5.74) is 4.46. The molecule has 0 spiro atoms. The van der Waals surface area contributed by atoms with Crippen LogP contribution in [-0.4, -0.2) is 64.8 Å². The van der Waals surface area contributed by atoms with Gasteiger partial charge in [0.2, 0.25) is 0 Å². The third kappa shape index (κ3) is 4.20. The Morgan fingerprint density at radius 3 is 2.76 bits per heavy atom. The molecule has 0 radical (unpaired) electrons. The summed E-state index contributed by atoms with van der Waals surface area (Å²) in [5, 5.41) is 9.99. The second-order valence-electron chi connectivity index (χ2n) is 8.06. The predicted octanol–water partition coefficient (Wildman–Crippen LogP) is 2.74. The number of nitrogens with zero attached hydrogens (tertiary/aromatic N) is 3. The van der Waals surface area contributed by atoms with Crippen molar-refractivity contribution in [3.05, 3.63) is 71.4 Å². The molecule has 1 saturated heterocycles.